The number of amides is 1. The molecule has 0 bridgehead atoms. The number of hydrogen-bond acceptors (Lipinski definition) is 4. The van der Waals surface area contributed by atoms with Crippen molar-refractivity contribution >= 4 is 62.2 Å². The Hall–Kier alpha value is -2.15. The monoisotopic (exact) mass is 397 g/mol. The topological polar surface area (TPSA) is 55.4 Å². The number of nitrogens with one attached hydrogen (secondary N) is 1. The first-order valence-electron chi connectivity index (χ1n) is 7.04. The molecule has 3 rings (SSSR count). The highest BCUT2D eigenvalue weighted by atomic mass is 35.5. The molecule has 128 valence electrons. The van der Waals surface area contributed by atoms with E-state index in [2.05, 4.69) is 5.32 Å². The van der Waals surface area contributed by atoms with Crippen LogP contribution in [-0.2, 0) is 9.53 Å². The quantitative estimate of drug-likeness (QED) is 0.619. The predicted octanol–water partition coefficient (Wildman–Crippen LogP) is 5.14. The maximum atomic E-state index is 13.3. The Morgan fingerprint density at radius 2 is 1.96 bits per heavy atom. The van der Waals surface area contributed by atoms with Crippen LogP contribution >= 0.6 is 34.5 Å². The second-order valence-electron chi connectivity index (χ2n) is 5.02. The van der Waals surface area contributed by atoms with Crippen LogP contribution < -0.4 is 5.32 Å². The van der Waals surface area contributed by atoms with Crippen molar-refractivity contribution in [3.8, 4) is 0 Å². The molecule has 0 saturated carbocycles. The Morgan fingerprint density at radius 1 is 1.16 bits per heavy atom. The van der Waals surface area contributed by atoms with Gasteiger partial charge in [0.15, 0.2) is 6.61 Å². The fourth-order valence-corrected chi connectivity index (χ4v) is 3.75. The molecule has 1 heterocycles. The van der Waals surface area contributed by atoms with Gasteiger partial charge in [0, 0.05) is 20.8 Å². The summed E-state index contributed by atoms with van der Waals surface area (Å²) in [7, 11) is 0. The van der Waals surface area contributed by atoms with Gasteiger partial charge in [0.25, 0.3) is 5.91 Å². The highest BCUT2D eigenvalue weighted by Crippen LogP contribution is 2.36. The Balaban J connectivity index is 1.66. The number of esters is 1. The van der Waals surface area contributed by atoms with Crippen molar-refractivity contribution in [3.63, 3.8) is 0 Å². The third-order valence-corrected chi connectivity index (χ3v) is 5.09. The van der Waals surface area contributed by atoms with Crippen LogP contribution in [0.1, 0.15) is 9.67 Å². The molecule has 0 saturated heterocycles. The maximum Gasteiger partial charge on any atom is 0.350 e. The van der Waals surface area contributed by atoms with Gasteiger partial charge < -0.3 is 10.1 Å². The molecule has 0 radical (unpaired) electrons. The third-order valence-electron chi connectivity index (χ3n) is 3.22. The summed E-state index contributed by atoms with van der Waals surface area (Å²) in [4.78, 5) is 24.1. The minimum Gasteiger partial charge on any atom is -0.451 e. The molecule has 0 fully saturated rings. The molecule has 8 heteroatoms. The zero-order valence-electron chi connectivity index (χ0n) is 12.5. The molecule has 0 unspecified atom stereocenters. The average molecular weight is 398 g/mol. The predicted molar refractivity (Wildman–Crippen MR) is 97.2 cm³/mol. The van der Waals surface area contributed by atoms with Crippen molar-refractivity contribution in [1.82, 2.24) is 0 Å². The molecule has 2 aromatic carbocycles. The summed E-state index contributed by atoms with van der Waals surface area (Å²) in [5.74, 6) is -1.68. The highest BCUT2D eigenvalue weighted by Gasteiger charge is 2.19. The van der Waals surface area contributed by atoms with Gasteiger partial charge in [-0.2, -0.15) is 0 Å². The average Bonchev–Trinajstić information content (AvgIpc) is 2.89. The van der Waals surface area contributed by atoms with E-state index in [0.29, 0.717) is 20.8 Å². The van der Waals surface area contributed by atoms with Crippen LogP contribution in [0.15, 0.2) is 42.5 Å². The summed E-state index contributed by atoms with van der Waals surface area (Å²) >= 11 is 13.0. The lowest BCUT2D eigenvalue weighted by Gasteiger charge is -2.06. The van der Waals surface area contributed by atoms with Gasteiger partial charge in [-0.25, -0.2) is 9.18 Å². The van der Waals surface area contributed by atoms with Crippen molar-refractivity contribution in [2.75, 3.05) is 11.9 Å². The fourth-order valence-electron chi connectivity index (χ4n) is 2.13. The third kappa shape index (κ3) is 4.10. The van der Waals surface area contributed by atoms with Crippen LogP contribution in [-0.4, -0.2) is 18.5 Å². The van der Waals surface area contributed by atoms with Crippen LogP contribution in [0.25, 0.3) is 10.1 Å². The summed E-state index contributed by atoms with van der Waals surface area (Å²) in [6.07, 6.45) is 0. The molecule has 1 N–H and O–H groups in total. The van der Waals surface area contributed by atoms with E-state index in [1.165, 1.54) is 18.2 Å². The van der Waals surface area contributed by atoms with Crippen molar-refractivity contribution in [3.05, 3.63) is 63.2 Å². The smallest absolute Gasteiger partial charge is 0.350 e. The Kier molecular flexibility index (Phi) is 5.22. The van der Waals surface area contributed by atoms with E-state index in [1.807, 2.05) is 0 Å². The SMILES string of the molecule is O=C(COC(=O)c1sc2cc(F)ccc2c1Cl)Nc1cccc(Cl)c1. The molecule has 0 aliphatic carbocycles. The van der Waals surface area contributed by atoms with Crippen molar-refractivity contribution in [2.24, 2.45) is 0 Å². The van der Waals surface area contributed by atoms with Gasteiger partial charge in [0.1, 0.15) is 10.7 Å². The fraction of sp³-hybridized carbons (Fsp3) is 0.0588. The van der Waals surface area contributed by atoms with Gasteiger partial charge in [0.05, 0.1) is 5.02 Å². The standard InChI is InChI=1S/C17H10Cl2FNO3S/c18-9-2-1-3-11(6-9)21-14(22)8-24-17(23)16-15(19)12-5-4-10(20)7-13(12)25-16/h1-7H,8H2,(H,21,22). The summed E-state index contributed by atoms with van der Waals surface area (Å²) in [6.45, 7) is -0.482. The summed E-state index contributed by atoms with van der Waals surface area (Å²) in [6, 6.07) is 10.6. The summed E-state index contributed by atoms with van der Waals surface area (Å²) < 4.78 is 18.8. The molecule has 4 nitrogen and oxygen atoms in total. The van der Waals surface area contributed by atoms with Crippen LogP contribution in [0.2, 0.25) is 10.0 Å². The maximum absolute atomic E-state index is 13.3. The Morgan fingerprint density at radius 3 is 2.72 bits per heavy atom. The van der Waals surface area contributed by atoms with E-state index in [1.54, 1.807) is 24.3 Å². The molecule has 1 amide bonds. The molecule has 3 aromatic rings. The van der Waals surface area contributed by atoms with Crippen molar-refractivity contribution in [1.29, 1.82) is 0 Å². The van der Waals surface area contributed by atoms with Crippen molar-refractivity contribution in [2.45, 2.75) is 0 Å². The number of anilines is 1. The zero-order chi connectivity index (χ0) is 18.0. The molecule has 0 atom stereocenters. The zero-order valence-corrected chi connectivity index (χ0v) is 14.8. The largest absolute Gasteiger partial charge is 0.451 e. The molecule has 0 aliphatic rings. The van der Waals surface area contributed by atoms with Crippen molar-refractivity contribution < 1.29 is 18.7 Å². The molecule has 0 aliphatic heterocycles. The van der Waals surface area contributed by atoms with Gasteiger partial charge in [-0.05, 0) is 36.4 Å². The molecule has 25 heavy (non-hydrogen) atoms. The first kappa shape index (κ1) is 17.7. The highest BCUT2D eigenvalue weighted by molar-refractivity contribution is 7.21. The van der Waals surface area contributed by atoms with Gasteiger partial charge in [-0.1, -0.05) is 29.3 Å². The van der Waals surface area contributed by atoms with Crippen LogP contribution in [0, 0.1) is 5.82 Å². The Bertz CT molecular complexity index is 974. The van der Waals surface area contributed by atoms with Crippen LogP contribution in [0.5, 0.6) is 0 Å². The number of carbonyl (C=O) groups excluding carboxylic acids is 2. The first-order valence-corrected chi connectivity index (χ1v) is 8.61. The number of hydrogen-bond donors (Lipinski definition) is 1. The summed E-state index contributed by atoms with van der Waals surface area (Å²) in [5, 5.41) is 3.77. The normalized spacial score (nSPS) is 10.7. The van der Waals surface area contributed by atoms with E-state index >= 15 is 0 Å². The number of ether oxygens (including phenoxy) is 1. The second kappa shape index (κ2) is 7.39. The van der Waals surface area contributed by atoms with Crippen LogP contribution in [0.3, 0.4) is 0 Å². The second-order valence-corrected chi connectivity index (χ2v) is 6.89. The lowest BCUT2D eigenvalue weighted by Crippen LogP contribution is -2.20. The van der Waals surface area contributed by atoms with E-state index < -0.39 is 24.3 Å². The molecule has 0 spiro atoms. The number of carbonyl (C=O) groups is 2. The number of rotatable bonds is 4. The van der Waals surface area contributed by atoms with E-state index in [0.717, 1.165) is 11.3 Å². The van der Waals surface area contributed by atoms with E-state index in [4.69, 9.17) is 27.9 Å². The van der Waals surface area contributed by atoms with E-state index in [-0.39, 0.29) is 9.90 Å². The number of fused-ring (bicyclic) bond motifs is 1. The minimum absolute atomic E-state index is 0.123. The van der Waals surface area contributed by atoms with Gasteiger partial charge in [-0.3, -0.25) is 4.79 Å². The van der Waals surface area contributed by atoms with Gasteiger partial charge in [-0.15, -0.1) is 11.3 Å². The van der Waals surface area contributed by atoms with Crippen LogP contribution in [0.4, 0.5) is 10.1 Å². The van der Waals surface area contributed by atoms with E-state index in [9.17, 15) is 14.0 Å². The van der Waals surface area contributed by atoms with Gasteiger partial charge >= 0.3 is 5.97 Å². The van der Waals surface area contributed by atoms with Gasteiger partial charge in [0.2, 0.25) is 0 Å². The lowest BCUT2D eigenvalue weighted by molar-refractivity contribution is -0.119. The number of thiophene rings is 1. The number of halogens is 3. The lowest BCUT2D eigenvalue weighted by atomic mass is 10.2. The molecule has 1 aromatic heterocycles. The Labute approximate surface area is 156 Å². The molecular formula is C17H10Cl2FNO3S. The molecular weight excluding hydrogens is 388 g/mol. The minimum atomic E-state index is -0.743. The first-order chi connectivity index (χ1) is 11.9. The summed E-state index contributed by atoms with van der Waals surface area (Å²) in [5.41, 5.74) is 0.490. The number of benzene rings is 2.